The summed E-state index contributed by atoms with van der Waals surface area (Å²) in [6, 6.07) is 20.4. The highest BCUT2D eigenvalue weighted by molar-refractivity contribution is 7.22. The van der Waals surface area contributed by atoms with Crippen LogP contribution in [-0.2, 0) is 11.3 Å². The molecule has 3 N–H and O–H groups in total. The third kappa shape index (κ3) is 5.00. The molecule has 0 atom stereocenters. The van der Waals surface area contributed by atoms with E-state index in [1.165, 1.54) is 6.92 Å². The first-order chi connectivity index (χ1) is 15.0. The van der Waals surface area contributed by atoms with Gasteiger partial charge in [0, 0.05) is 30.1 Å². The van der Waals surface area contributed by atoms with Crippen LogP contribution in [-0.4, -0.2) is 21.9 Å². The van der Waals surface area contributed by atoms with Gasteiger partial charge in [-0.2, -0.15) is 4.98 Å². The molecule has 0 bridgehead atoms. The van der Waals surface area contributed by atoms with E-state index in [0.29, 0.717) is 12.5 Å². The SMILES string of the molecule is CC(=O)Nc1ccccc1CNc1nc(NC(C)C)nc2cc(-c3ccccc3)sc12. The number of nitrogens with zero attached hydrogens (tertiary/aromatic N) is 2. The summed E-state index contributed by atoms with van der Waals surface area (Å²) in [5.74, 6) is 1.28. The summed E-state index contributed by atoms with van der Waals surface area (Å²) >= 11 is 1.67. The number of rotatable bonds is 7. The molecule has 1 amide bonds. The van der Waals surface area contributed by atoms with Crippen LogP contribution in [0.25, 0.3) is 20.7 Å². The molecule has 0 saturated heterocycles. The third-order valence-electron chi connectivity index (χ3n) is 4.62. The van der Waals surface area contributed by atoms with Crippen molar-refractivity contribution in [1.82, 2.24) is 9.97 Å². The van der Waals surface area contributed by atoms with E-state index in [2.05, 4.69) is 48.0 Å². The van der Waals surface area contributed by atoms with Crippen molar-refractivity contribution < 1.29 is 4.79 Å². The summed E-state index contributed by atoms with van der Waals surface area (Å²) in [6.45, 7) is 6.17. The highest BCUT2D eigenvalue weighted by atomic mass is 32.1. The maximum Gasteiger partial charge on any atom is 0.225 e. The van der Waals surface area contributed by atoms with Crippen LogP contribution in [0.5, 0.6) is 0 Å². The van der Waals surface area contributed by atoms with E-state index < -0.39 is 0 Å². The first-order valence-electron chi connectivity index (χ1n) is 10.2. The normalized spacial score (nSPS) is 11.0. The molecule has 31 heavy (non-hydrogen) atoms. The quantitative estimate of drug-likeness (QED) is 0.347. The predicted molar refractivity (Wildman–Crippen MR) is 130 cm³/mol. The molecular weight excluding hydrogens is 406 g/mol. The number of para-hydroxylation sites is 1. The Kier molecular flexibility index (Phi) is 6.13. The van der Waals surface area contributed by atoms with Crippen LogP contribution in [0.1, 0.15) is 26.3 Å². The molecule has 4 rings (SSSR count). The number of fused-ring (bicyclic) bond motifs is 1. The van der Waals surface area contributed by atoms with Crippen LogP contribution in [0, 0.1) is 0 Å². The molecule has 4 aromatic rings. The van der Waals surface area contributed by atoms with Gasteiger partial charge in [0.2, 0.25) is 11.9 Å². The minimum atomic E-state index is -0.0916. The summed E-state index contributed by atoms with van der Waals surface area (Å²) in [6.07, 6.45) is 0. The lowest BCUT2D eigenvalue weighted by atomic mass is 10.1. The van der Waals surface area contributed by atoms with Gasteiger partial charge in [0.1, 0.15) is 5.82 Å². The fourth-order valence-corrected chi connectivity index (χ4v) is 4.35. The molecule has 0 aliphatic heterocycles. The first kappa shape index (κ1) is 20.8. The molecule has 7 heteroatoms. The predicted octanol–water partition coefficient (Wildman–Crippen LogP) is 5.75. The average molecular weight is 432 g/mol. The van der Waals surface area contributed by atoms with Gasteiger partial charge in [-0.1, -0.05) is 48.5 Å². The van der Waals surface area contributed by atoms with Crippen LogP contribution < -0.4 is 16.0 Å². The molecule has 2 aromatic carbocycles. The van der Waals surface area contributed by atoms with Gasteiger partial charge in [0.25, 0.3) is 0 Å². The lowest BCUT2D eigenvalue weighted by Crippen LogP contribution is -2.14. The average Bonchev–Trinajstić information content (AvgIpc) is 3.17. The molecule has 0 aliphatic carbocycles. The molecule has 0 aliphatic rings. The summed E-state index contributed by atoms with van der Waals surface area (Å²) in [4.78, 5) is 22.2. The van der Waals surface area contributed by atoms with E-state index in [1.807, 2.05) is 42.5 Å². The van der Waals surface area contributed by atoms with E-state index in [0.717, 1.165) is 37.7 Å². The highest BCUT2D eigenvalue weighted by Crippen LogP contribution is 2.37. The standard InChI is InChI=1S/C24H25N5OS/c1-15(2)26-24-28-20-13-21(17-9-5-4-6-10-17)31-22(20)23(29-24)25-14-18-11-7-8-12-19(18)27-16(3)30/h4-13,15H,14H2,1-3H3,(H,27,30)(H2,25,26,28,29). The fraction of sp³-hybridized carbons (Fsp3) is 0.208. The van der Waals surface area contributed by atoms with E-state index >= 15 is 0 Å². The monoisotopic (exact) mass is 431 g/mol. The number of aromatic nitrogens is 2. The lowest BCUT2D eigenvalue weighted by Gasteiger charge is -2.13. The summed E-state index contributed by atoms with van der Waals surface area (Å²) in [5.41, 5.74) is 3.85. The maximum atomic E-state index is 11.5. The van der Waals surface area contributed by atoms with Crippen molar-refractivity contribution in [1.29, 1.82) is 0 Å². The third-order valence-corrected chi connectivity index (χ3v) is 5.80. The van der Waals surface area contributed by atoms with E-state index in [1.54, 1.807) is 11.3 Å². The zero-order valence-electron chi connectivity index (χ0n) is 17.8. The topological polar surface area (TPSA) is 78.9 Å². The zero-order chi connectivity index (χ0) is 21.8. The zero-order valence-corrected chi connectivity index (χ0v) is 18.6. The van der Waals surface area contributed by atoms with Crippen LogP contribution >= 0.6 is 11.3 Å². The minimum Gasteiger partial charge on any atom is -0.365 e. The summed E-state index contributed by atoms with van der Waals surface area (Å²) in [7, 11) is 0. The number of anilines is 3. The Hall–Kier alpha value is -3.45. The first-order valence-corrected chi connectivity index (χ1v) is 11.0. The second-order valence-corrected chi connectivity index (χ2v) is 8.63. The van der Waals surface area contributed by atoms with Crippen molar-refractivity contribution in [2.45, 2.75) is 33.4 Å². The van der Waals surface area contributed by atoms with Crippen LogP contribution in [0.3, 0.4) is 0 Å². The molecular formula is C24H25N5OS. The minimum absolute atomic E-state index is 0.0916. The Morgan fingerprint density at radius 1 is 1.03 bits per heavy atom. The summed E-state index contributed by atoms with van der Waals surface area (Å²) in [5, 5.41) is 9.66. The Morgan fingerprint density at radius 3 is 2.52 bits per heavy atom. The van der Waals surface area contributed by atoms with E-state index in [4.69, 9.17) is 9.97 Å². The van der Waals surface area contributed by atoms with Crippen molar-refractivity contribution in [2.75, 3.05) is 16.0 Å². The van der Waals surface area contributed by atoms with Crippen molar-refractivity contribution in [3.05, 3.63) is 66.2 Å². The van der Waals surface area contributed by atoms with Crippen molar-refractivity contribution >= 4 is 44.9 Å². The van der Waals surface area contributed by atoms with Crippen LogP contribution in [0.2, 0.25) is 0 Å². The largest absolute Gasteiger partial charge is 0.365 e. The molecule has 0 fully saturated rings. The smallest absolute Gasteiger partial charge is 0.225 e. The molecule has 0 spiro atoms. The number of carbonyl (C=O) groups excluding carboxylic acids is 1. The van der Waals surface area contributed by atoms with Crippen molar-refractivity contribution in [3.8, 4) is 10.4 Å². The Bertz CT molecular complexity index is 1200. The molecule has 2 aromatic heterocycles. The number of nitrogens with one attached hydrogen (secondary N) is 3. The molecule has 0 saturated carbocycles. The van der Waals surface area contributed by atoms with Gasteiger partial charge in [-0.05, 0) is 37.1 Å². The van der Waals surface area contributed by atoms with Crippen LogP contribution in [0.4, 0.5) is 17.5 Å². The number of hydrogen-bond acceptors (Lipinski definition) is 6. The van der Waals surface area contributed by atoms with Crippen molar-refractivity contribution in [3.63, 3.8) is 0 Å². The Labute approximate surface area is 185 Å². The Balaban J connectivity index is 1.70. The second-order valence-electron chi connectivity index (χ2n) is 7.58. The molecule has 0 radical (unpaired) electrons. The fourth-order valence-electron chi connectivity index (χ4n) is 3.28. The molecule has 6 nitrogen and oxygen atoms in total. The number of benzene rings is 2. The number of carbonyl (C=O) groups is 1. The van der Waals surface area contributed by atoms with E-state index in [-0.39, 0.29) is 11.9 Å². The second kappa shape index (κ2) is 9.14. The van der Waals surface area contributed by atoms with Gasteiger partial charge in [0.15, 0.2) is 0 Å². The van der Waals surface area contributed by atoms with Gasteiger partial charge < -0.3 is 16.0 Å². The van der Waals surface area contributed by atoms with Gasteiger partial charge >= 0.3 is 0 Å². The van der Waals surface area contributed by atoms with Gasteiger partial charge in [-0.3, -0.25) is 4.79 Å². The number of hydrogen-bond donors (Lipinski definition) is 3. The van der Waals surface area contributed by atoms with Gasteiger partial charge in [-0.15, -0.1) is 11.3 Å². The number of amides is 1. The maximum absolute atomic E-state index is 11.5. The molecule has 2 heterocycles. The highest BCUT2D eigenvalue weighted by Gasteiger charge is 2.14. The van der Waals surface area contributed by atoms with Gasteiger partial charge in [-0.25, -0.2) is 4.98 Å². The van der Waals surface area contributed by atoms with E-state index in [9.17, 15) is 4.79 Å². The molecule has 158 valence electrons. The summed E-state index contributed by atoms with van der Waals surface area (Å²) < 4.78 is 1.00. The van der Waals surface area contributed by atoms with Gasteiger partial charge in [0.05, 0.1) is 10.2 Å². The Morgan fingerprint density at radius 2 is 1.77 bits per heavy atom. The van der Waals surface area contributed by atoms with Crippen LogP contribution in [0.15, 0.2) is 60.7 Å². The van der Waals surface area contributed by atoms with Crippen molar-refractivity contribution in [2.24, 2.45) is 0 Å². The lowest BCUT2D eigenvalue weighted by molar-refractivity contribution is -0.114. The number of thiophene rings is 1. The molecule has 0 unspecified atom stereocenters.